The summed E-state index contributed by atoms with van der Waals surface area (Å²) >= 11 is 0. The number of rotatable bonds is 0. The largest absolute Gasteiger partial charge is 0.461 e. The Kier molecular flexibility index (Phi) is 0.943. The van der Waals surface area contributed by atoms with Crippen LogP contribution >= 0.6 is 0 Å². The lowest BCUT2D eigenvalue weighted by Crippen LogP contribution is -1.84. The number of aromatic nitrogens is 3. The minimum Gasteiger partial charge on any atom is -0.461 e. The molecule has 0 aromatic carbocycles. The van der Waals surface area contributed by atoms with Gasteiger partial charge in [0.1, 0.15) is 5.52 Å². The zero-order valence-electron chi connectivity index (χ0n) is 5.40. The van der Waals surface area contributed by atoms with Crippen molar-refractivity contribution in [3.05, 3.63) is 18.0 Å². The Hall–Kier alpha value is -1.45. The van der Waals surface area contributed by atoms with Gasteiger partial charge in [0, 0.05) is 5.56 Å². The molecule has 0 unspecified atom stereocenters. The van der Waals surface area contributed by atoms with Crippen molar-refractivity contribution in [3.8, 4) is 0 Å². The number of aryl methyl sites for hydroxylation is 1. The van der Waals surface area contributed by atoms with Crippen LogP contribution in [0, 0.1) is 6.92 Å². The average molecular weight is 135 g/mol. The highest BCUT2D eigenvalue weighted by atomic mass is 16.3. The van der Waals surface area contributed by atoms with E-state index in [0.717, 1.165) is 11.1 Å². The maximum absolute atomic E-state index is 5.08. The molecule has 0 fully saturated rings. The number of hydrogen-bond donors (Lipinski definition) is 0. The fraction of sp³-hybridized carbons (Fsp3) is 0.167. The van der Waals surface area contributed by atoms with E-state index >= 15 is 0 Å². The SMILES string of the molecule is Cc1coc2cnnnc12. The first-order chi connectivity index (χ1) is 4.88. The highest BCUT2D eigenvalue weighted by Crippen LogP contribution is 2.14. The van der Waals surface area contributed by atoms with Gasteiger partial charge < -0.3 is 4.42 Å². The van der Waals surface area contributed by atoms with Crippen LogP contribution in [-0.2, 0) is 0 Å². The Bertz CT molecular complexity index is 355. The van der Waals surface area contributed by atoms with Crippen molar-refractivity contribution < 1.29 is 4.42 Å². The summed E-state index contributed by atoms with van der Waals surface area (Å²) in [6, 6.07) is 0. The molecule has 50 valence electrons. The average Bonchev–Trinajstić information content (AvgIpc) is 2.34. The summed E-state index contributed by atoms with van der Waals surface area (Å²) in [6.07, 6.45) is 3.19. The van der Waals surface area contributed by atoms with Crippen LogP contribution in [-0.4, -0.2) is 15.4 Å². The monoisotopic (exact) mass is 135 g/mol. The number of furan rings is 1. The van der Waals surface area contributed by atoms with Gasteiger partial charge in [0.15, 0.2) is 5.58 Å². The van der Waals surface area contributed by atoms with Crippen molar-refractivity contribution in [3.63, 3.8) is 0 Å². The molecule has 4 heteroatoms. The van der Waals surface area contributed by atoms with Crippen molar-refractivity contribution in [2.75, 3.05) is 0 Å². The van der Waals surface area contributed by atoms with Gasteiger partial charge in [0.05, 0.1) is 12.5 Å². The molecule has 0 aliphatic rings. The lowest BCUT2D eigenvalue weighted by Gasteiger charge is -1.81. The van der Waals surface area contributed by atoms with E-state index in [9.17, 15) is 0 Å². The smallest absolute Gasteiger partial charge is 0.174 e. The van der Waals surface area contributed by atoms with E-state index in [1.807, 2.05) is 6.92 Å². The third-order valence-electron chi connectivity index (χ3n) is 1.34. The lowest BCUT2D eigenvalue weighted by molar-refractivity contribution is 0.608. The van der Waals surface area contributed by atoms with Crippen LogP contribution in [0.3, 0.4) is 0 Å². The second kappa shape index (κ2) is 1.76. The molecule has 0 radical (unpaired) electrons. The molecular weight excluding hydrogens is 130 g/mol. The van der Waals surface area contributed by atoms with Gasteiger partial charge in [-0.05, 0) is 12.1 Å². The van der Waals surface area contributed by atoms with Crippen LogP contribution in [0.25, 0.3) is 11.1 Å². The quantitative estimate of drug-likeness (QED) is 0.539. The number of nitrogens with zero attached hydrogens (tertiary/aromatic N) is 3. The zero-order valence-corrected chi connectivity index (χ0v) is 5.40. The van der Waals surface area contributed by atoms with Gasteiger partial charge >= 0.3 is 0 Å². The molecule has 4 nitrogen and oxygen atoms in total. The van der Waals surface area contributed by atoms with E-state index in [-0.39, 0.29) is 0 Å². The Labute approximate surface area is 56.9 Å². The van der Waals surface area contributed by atoms with Crippen LogP contribution in [0.1, 0.15) is 5.56 Å². The number of fused-ring (bicyclic) bond motifs is 1. The third-order valence-corrected chi connectivity index (χ3v) is 1.34. The predicted octanol–water partition coefficient (Wildman–Crippen LogP) is 0.926. The van der Waals surface area contributed by atoms with E-state index in [2.05, 4.69) is 15.4 Å². The highest BCUT2D eigenvalue weighted by molar-refractivity contribution is 5.74. The predicted molar refractivity (Wildman–Crippen MR) is 34.3 cm³/mol. The normalized spacial score (nSPS) is 10.5. The van der Waals surface area contributed by atoms with Gasteiger partial charge in [-0.3, -0.25) is 0 Å². The summed E-state index contributed by atoms with van der Waals surface area (Å²) < 4.78 is 5.08. The first-order valence-electron chi connectivity index (χ1n) is 2.90. The van der Waals surface area contributed by atoms with Crippen molar-refractivity contribution in [1.82, 2.24) is 15.4 Å². The molecule has 2 aromatic rings. The van der Waals surface area contributed by atoms with Crippen LogP contribution < -0.4 is 0 Å². The van der Waals surface area contributed by atoms with E-state index in [0.29, 0.717) is 5.58 Å². The van der Waals surface area contributed by atoms with Gasteiger partial charge in [-0.1, -0.05) is 0 Å². The molecule has 2 heterocycles. The molecule has 0 aliphatic carbocycles. The zero-order chi connectivity index (χ0) is 6.97. The molecule has 0 amide bonds. The molecule has 0 saturated carbocycles. The van der Waals surface area contributed by atoms with Gasteiger partial charge in [-0.25, -0.2) is 0 Å². The summed E-state index contributed by atoms with van der Waals surface area (Å²) in [6.45, 7) is 1.92. The minimum absolute atomic E-state index is 0.688. The van der Waals surface area contributed by atoms with Crippen LogP contribution in [0.4, 0.5) is 0 Å². The molecular formula is C6H5N3O. The van der Waals surface area contributed by atoms with Crippen molar-refractivity contribution in [2.24, 2.45) is 0 Å². The number of hydrogen-bond acceptors (Lipinski definition) is 4. The molecule has 0 aliphatic heterocycles. The fourth-order valence-corrected chi connectivity index (χ4v) is 0.826. The molecule has 0 N–H and O–H groups in total. The first kappa shape index (κ1) is 5.34. The summed E-state index contributed by atoms with van der Waals surface area (Å²) in [5.74, 6) is 0. The molecule has 0 atom stereocenters. The Morgan fingerprint density at radius 2 is 2.40 bits per heavy atom. The molecule has 2 rings (SSSR count). The Morgan fingerprint density at radius 3 is 3.20 bits per heavy atom. The van der Waals surface area contributed by atoms with Crippen molar-refractivity contribution in [2.45, 2.75) is 6.92 Å². The van der Waals surface area contributed by atoms with Gasteiger partial charge in [0.2, 0.25) is 0 Å². The van der Waals surface area contributed by atoms with Crippen molar-refractivity contribution >= 4 is 11.1 Å². The van der Waals surface area contributed by atoms with Gasteiger partial charge in [-0.2, -0.15) is 0 Å². The maximum Gasteiger partial charge on any atom is 0.174 e. The van der Waals surface area contributed by atoms with E-state index < -0.39 is 0 Å². The van der Waals surface area contributed by atoms with Crippen LogP contribution in [0.15, 0.2) is 16.9 Å². The first-order valence-corrected chi connectivity index (χ1v) is 2.90. The van der Waals surface area contributed by atoms with Crippen molar-refractivity contribution in [1.29, 1.82) is 0 Å². The molecule has 0 spiro atoms. The molecule has 0 saturated heterocycles. The Balaban J connectivity index is 2.93. The molecule has 2 aromatic heterocycles. The third kappa shape index (κ3) is 0.586. The summed E-state index contributed by atoms with van der Waals surface area (Å²) in [5.41, 5.74) is 2.47. The summed E-state index contributed by atoms with van der Waals surface area (Å²) in [4.78, 5) is 0. The molecule has 10 heavy (non-hydrogen) atoms. The highest BCUT2D eigenvalue weighted by Gasteiger charge is 2.01. The summed E-state index contributed by atoms with van der Waals surface area (Å²) in [7, 11) is 0. The second-order valence-corrected chi connectivity index (χ2v) is 2.07. The van der Waals surface area contributed by atoms with Crippen LogP contribution in [0.5, 0.6) is 0 Å². The second-order valence-electron chi connectivity index (χ2n) is 2.07. The standard InChI is InChI=1S/C6H5N3O/c1-4-3-10-5-2-7-9-8-6(4)5/h2-3H,1H3. The van der Waals surface area contributed by atoms with E-state index in [1.54, 1.807) is 12.5 Å². The van der Waals surface area contributed by atoms with E-state index in [1.165, 1.54) is 0 Å². The van der Waals surface area contributed by atoms with Gasteiger partial charge in [0.25, 0.3) is 0 Å². The lowest BCUT2D eigenvalue weighted by atomic mass is 10.3. The molecule has 0 bridgehead atoms. The maximum atomic E-state index is 5.08. The minimum atomic E-state index is 0.688. The van der Waals surface area contributed by atoms with Gasteiger partial charge in [-0.15, -0.1) is 10.2 Å². The topological polar surface area (TPSA) is 51.8 Å². The van der Waals surface area contributed by atoms with Crippen LogP contribution in [0.2, 0.25) is 0 Å². The fourth-order valence-electron chi connectivity index (χ4n) is 0.826. The summed E-state index contributed by atoms with van der Waals surface area (Å²) in [5, 5.41) is 10.8. The van der Waals surface area contributed by atoms with E-state index in [4.69, 9.17) is 4.42 Å². The Morgan fingerprint density at radius 1 is 1.50 bits per heavy atom.